The van der Waals surface area contributed by atoms with Gasteiger partial charge in [-0.3, -0.25) is 24.7 Å². The van der Waals surface area contributed by atoms with Gasteiger partial charge in [0.2, 0.25) is 11.8 Å². The molecule has 0 aromatic carbocycles. The van der Waals surface area contributed by atoms with Crippen molar-refractivity contribution in [1.29, 1.82) is 0 Å². The van der Waals surface area contributed by atoms with Crippen molar-refractivity contribution in [3.63, 3.8) is 0 Å². The number of amides is 3. The molecule has 1 aromatic rings. The van der Waals surface area contributed by atoms with Gasteiger partial charge in [0.05, 0.1) is 24.6 Å². The zero-order valence-electron chi connectivity index (χ0n) is 11.2. The molecule has 2 fully saturated rings. The number of nitrogens with two attached hydrogens (primary N) is 1. The predicted molar refractivity (Wildman–Crippen MR) is 66.7 cm³/mol. The number of likely N-dealkylation sites (tertiary alicyclic amines) is 1. The maximum Gasteiger partial charge on any atom is 0.301 e. The van der Waals surface area contributed by atoms with Crippen molar-refractivity contribution >= 4 is 17.7 Å². The molecule has 7 nitrogen and oxygen atoms in total. The summed E-state index contributed by atoms with van der Waals surface area (Å²) in [5, 5.41) is 0. The van der Waals surface area contributed by atoms with E-state index in [4.69, 9.17) is 10.3 Å². The molecule has 0 spiro atoms. The Kier molecular flexibility index (Phi) is 2.52. The van der Waals surface area contributed by atoms with Crippen molar-refractivity contribution in [2.75, 3.05) is 0 Å². The Hall–Kier alpha value is -2.15. The number of nitrogens with zero attached hydrogens (tertiary/aromatic N) is 1. The highest BCUT2D eigenvalue weighted by atomic mass is 16.3. The lowest BCUT2D eigenvalue weighted by Gasteiger charge is -2.20. The standard InChI is InChI=1S/C13H15N3O4/c1-13(2)7-8(13)12(19)16(11(7)18)5-6-3-4-20-9(6)10(17)15-14/h3-4,7-8H,5,14H2,1-2H3,(H,15,17). The fourth-order valence-electron chi connectivity index (χ4n) is 3.06. The number of rotatable bonds is 3. The Morgan fingerprint density at radius 1 is 1.40 bits per heavy atom. The number of nitrogens with one attached hydrogen (secondary N) is 1. The second-order valence-electron chi connectivity index (χ2n) is 5.79. The van der Waals surface area contributed by atoms with E-state index in [2.05, 4.69) is 0 Å². The second kappa shape index (κ2) is 3.92. The fourth-order valence-corrected chi connectivity index (χ4v) is 3.06. The average molecular weight is 277 g/mol. The van der Waals surface area contributed by atoms with Crippen LogP contribution in [0.4, 0.5) is 0 Å². The summed E-state index contributed by atoms with van der Waals surface area (Å²) in [6.07, 6.45) is 1.33. The molecule has 2 heterocycles. The Balaban J connectivity index is 1.81. The van der Waals surface area contributed by atoms with Crippen molar-refractivity contribution in [3.05, 3.63) is 23.7 Å². The largest absolute Gasteiger partial charge is 0.459 e. The number of hydrogen-bond acceptors (Lipinski definition) is 5. The number of fused-ring (bicyclic) bond motifs is 1. The van der Waals surface area contributed by atoms with Crippen LogP contribution in [0.2, 0.25) is 0 Å². The maximum atomic E-state index is 12.2. The highest BCUT2D eigenvalue weighted by Gasteiger charge is 2.72. The topological polar surface area (TPSA) is 106 Å². The minimum absolute atomic E-state index is 0.0212. The van der Waals surface area contributed by atoms with Gasteiger partial charge >= 0.3 is 5.91 Å². The summed E-state index contributed by atoms with van der Waals surface area (Å²) < 4.78 is 5.04. The molecule has 3 amide bonds. The number of imide groups is 1. The molecule has 20 heavy (non-hydrogen) atoms. The number of carbonyl (C=O) groups is 3. The lowest BCUT2D eigenvalue weighted by atomic mass is 10.1. The van der Waals surface area contributed by atoms with Crippen molar-refractivity contribution in [1.82, 2.24) is 10.3 Å². The summed E-state index contributed by atoms with van der Waals surface area (Å²) in [5.74, 6) is 3.68. The first-order valence-corrected chi connectivity index (χ1v) is 6.32. The second-order valence-corrected chi connectivity index (χ2v) is 5.79. The van der Waals surface area contributed by atoms with Gasteiger partial charge in [-0.25, -0.2) is 5.84 Å². The zero-order chi connectivity index (χ0) is 14.7. The number of furan rings is 1. The van der Waals surface area contributed by atoms with Gasteiger partial charge in [0.15, 0.2) is 5.76 Å². The Morgan fingerprint density at radius 3 is 2.55 bits per heavy atom. The van der Waals surface area contributed by atoms with E-state index in [0.29, 0.717) is 5.56 Å². The van der Waals surface area contributed by atoms with E-state index in [0.717, 1.165) is 0 Å². The van der Waals surface area contributed by atoms with Gasteiger partial charge in [-0.2, -0.15) is 0 Å². The highest BCUT2D eigenvalue weighted by molar-refractivity contribution is 6.10. The molecule has 2 aliphatic rings. The number of nitrogen functional groups attached to an aromatic ring is 1. The Morgan fingerprint density at radius 2 is 2.00 bits per heavy atom. The van der Waals surface area contributed by atoms with Crippen LogP contribution in [0.1, 0.15) is 30.0 Å². The molecule has 1 aliphatic heterocycles. The van der Waals surface area contributed by atoms with Crippen molar-refractivity contribution in [2.24, 2.45) is 23.1 Å². The Labute approximate surface area is 115 Å². The minimum atomic E-state index is -0.588. The maximum absolute atomic E-state index is 12.2. The molecular weight excluding hydrogens is 262 g/mol. The number of hydrogen-bond donors (Lipinski definition) is 2. The number of piperidine rings is 1. The lowest BCUT2D eigenvalue weighted by molar-refractivity contribution is -0.143. The third kappa shape index (κ3) is 1.53. The molecule has 2 atom stereocenters. The van der Waals surface area contributed by atoms with Gasteiger partial charge in [-0.15, -0.1) is 0 Å². The van der Waals surface area contributed by atoms with E-state index in [9.17, 15) is 14.4 Å². The van der Waals surface area contributed by atoms with Crippen LogP contribution in [-0.4, -0.2) is 22.6 Å². The number of hydrazine groups is 1. The monoisotopic (exact) mass is 277 g/mol. The van der Waals surface area contributed by atoms with Gasteiger partial charge in [-0.05, 0) is 11.5 Å². The van der Waals surface area contributed by atoms with E-state index in [1.54, 1.807) is 6.07 Å². The quantitative estimate of drug-likeness (QED) is 0.351. The molecule has 1 saturated heterocycles. The van der Waals surface area contributed by atoms with Gasteiger partial charge < -0.3 is 4.42 Å². The van der Waals surface area contributed by atoms with Gasteiger partial charge in [0.25, 0.3) is 0 Å². The molecule has 0 bridgehead atoms. The summed E-state index contributed by atoms with van der Waals surface area (Å²) in [7, 11) is 0. The van der Waals surface area contributed by atoms with E-state index < -0.39 is 5.91 Å². The number of carbonyl (C=O) groups excluding carboxylic acids is 3. The first kappa shape index (κ1) is 12.9. The van der Waals surface area contributed by atoms with E-state index in [1.807, 2.05) is 19.3 Å². The van der Waals surface area contributed by atoms with Gasteiger partial charge in [-0.1, -0.05) is 13.8 Å². The third-order valence-electron chi connectivity index (χ3n) is 4.30. The zero-order valence-corrected chi connectivity index (χ0v) is 11.2. The van der Waals surface area contributed by atoms with Crippen LogP contribution < -0.4 is 11.3 Å². The van der Waals surface area contributed by atoms with E-state index in [-0.39, 0.29) is 41.4 Å². The summed E-state index contributed by atoms with van der Waals surface area (Å²) in [6, 6.07) is 1.56. The first-order chi connectivity index (χ1) is 9.39. The van der Waals surface area contributed by atoms with E-state index in [1.165, 1.54) is 11.2 Å². The summed E-state index contributed by atoms with van der Waals surface area (Å²) >= 11 is 0. The molecule has 7 heteroatoms. The normalized spacial score (nSPS) is 26.6. The van der Waals surface area contributed by atoms with Crippen LogP contribution in [0, 0.1) is 17.3 Å². The summed E-state index contributed by atoms with van der Waals surface area (Å²) in [4.78, 5) is 37.1. The molecule has 0 radical (unpaired) electrons. The summed E-state index contributed by atoms with van der Waals surface area (Å²) in [6.45, 7) is 3.88. The van der Waals surface area contributed by atoms with Crippen LogP contribution in [-0.2, 0) is 16.1 Å². The van der Waals surface area contributed by atoms with Crippen LogP contribution in [0.5, 0.6) is 0 Å². The Bertz CT molecular complexity index is 595. The fraction of sp³-hybridized carbons (Fsp3) is 0.462. The van der Waals surface area contributed by atoms with Crippen molar-refractivity contribution in [3.8, 4) is 0 Å². The predicted octanol–water partition coefficient (Wildman–Crippen LogP) is 0.0241. The van der Waals surface area contributed by atoms with E-state index >= 15 is 0 Å². The van der Waals surface area contributed by atoms with Gasteiger partial charge in [0, 0.05) is 5.56 Å². The third-order valence-corrected chi connectivity index (χ3v) is 4.30. The first-order valence-electron chi connectivity index (χ1n) is 6.32. The van der Waals surface area contributed by atoms with Crippen LogP contribution in [0.3, 0.4) is 0 Å². The molecule has 2 unspecified atom stereocenters. The molecule has 1 aliphatic carbocycles. The average Bonchev–Trinajstić information content (AvgIpc) is 2.73. The van der Waals surface area contributed by atoms with Crippen molar-refractivity contribution < 1.29 is 18.8 Å². The van der Waals surface area contributed by atoms with Crippen molar-refractivity contribution in [2.45, 2.75) is 20.4 Å². The van der Waals surface area contributed by atoms with Crippen LogP contribution in [0.25, 0.3) is 0 Å². The molecule has 3 rings (SSSR count). The van der Waals surface area contributed by atoms with Crippen LogP contribution in [0.15, 0.2) is 16.7 Å². The molecule has 1 aromatic heterocycles. The SMILES string of the molecule is CC1(C)C2C(=O)N(Cc3ccoc3C(=O)NN)C(=O)C21. The molecule has 3 N–H and O–H groups in total. The molecule has 1 saturated carbocycles. The van der Waals surface area contributed by atoms with Gasteiger partial charge in [0.1, 0.15) is 0 Å². The lowest BCUT2D eigenvalue weighted by Crippen LogP contribution is -2.36. The molecular formula is C13H15N3O4. The van der Waals surface area contributed by atoms with Crippen LogP contribution >= 0.6 is 0 Å². The molecule has 106 valence electrons. The highest BCUT2D eigenvalue weighted by Crippen LogP contribution is 2.63. The summed E-state index contributed by atoms with van der Waals surface area (Å²) in [5.41, 5.74) is 2.19. The smallest absolute Gasteiger partial charge is 0.301 e. The minimum Gasteiger partial charge on any atom is -0.459 e.